The fraction of sp³-hybridized carbons (Fsp3) is 0.231. The normalized spacial score (nSPS) is 10.4. The largest absolute Gasteiger partial charge is 0.481 e. The molecule has 0 spiro atoms. The molecule has 2 N–H and O–H groups in total. The van der Waals surface area contributed by atoms with Crippen LogP contribution in [-0.4, -0.2) is 21.3 Å². The maximum absolute atomic E-state index is 10.6. The van der Waals surface area contributed by atoms with Crippen LogP contribution in [0.5, 0.6) is 0 Å². The molecule has 0 atom stereocenters. The Balaban J connectivity index is 2.21. The minimum absolute atomic E-state index is 0.0277. The van der Waals surface area contributed by atoms with Crippen molar-refractivity contribution in [1.29, 1.82) is 0 Å². The number of aliphatic carboxylic acids is 1. The maximum Gasteiger partial charge on any atom is 0.309 e. The van der Waals surface area contributed by atoms with Crippen LogP contribution in [0.2, 0.25) is 0 Å². The molecule has 1 aromatic heterocycles. The molecule has 1 aromatic carbocycles. The Morgan fingerprint density at radius 2 is 2.06 bits per heavy atom. The predicted molar refractivity (Wildman–Crippen MR) is 64.7 cm³/mol. The van der Waals surface area contributed by atoms with E-state index < -0.39 is 5.97 Å². The van der Waals surface area contributed by atoms with Gasteiger partial charge < -0.3 is 5.11 Å². The highest BCUT2D eigenvalue weighted by Crippen LogP contribution is 2.18. The number of nitrogens with one attached hydrogen (secondary N) is 1. The molecule has 4 nitrogen and oxygen atoms in total. The number of carboxylic acid groups (broad SMARTS) is 1. The number of aromatic amines is 1. The lowest BCUT2D eigenvalue weighted by molar-refractivity contribution is -0.136. The molecule has 0 saturated heterocycles. The van der Waals surface area contributed by atoms with Gasteiger partial charge in [0.25, 0.3) is 0 Å². The summed E-state index contributed by atoms with van der Waals surface area (Å²) in [6.07, 6.45) is 0.977. The van der Waals surface area contributed by atoms with E-state index >= 15 is 0 Å². The predicted octanol–water partition coefficient (Wildman–Crippen LogP) is 2.27. The summed E-state index contributed by atoms with van der Waals surface area (Å²) in [6.45, 7) is 2.11. The van der Waals surface area contributed by atoms with Crippen LogP contribution in [0.1, 0.15) is 18.2 Å². The molecule has 0 aliphatic heterocycles. The van der Waals surface area contributed by atoms with Crippen molar-refractivity contribution in [1.82, 2.24) is 10.2 Å². The fourth-order valence-electron chi connectivity index (χ4n) is 1.67. The summed E-state index contributed by atoms with van der Waals surface area (Å²) < 4.78 is 0. The third-order valence-electron chi connectivity index (χ3n) is 2.63. The van der Waals surface area contributed by atoms with Gasteiger partial charge in [0.05, 0.1) is 12.1 Å². The second kappa shape index (κ2) is 4.82. The molecule has 2 rings (SSSR count). The highest BCUT2D eigenvalue weighted by Gasteiger charge is 2.06. The first kappa shape index (κ1) is 11.4. The van der Waals surface area contributed by atoms with Crippen LogP contribution in [0, 0.1) is 0 Å². The van der Waals surface area contributed by atoms with Crippen LogP contribution in [0.15, 0.2) is 30.3 Å². The summed E-state index contributed by atoms with van der Waals surface area (Å²) in [6, 6.07) is 9.88. The second-order valence-electron chi connectivity index (χ2n) is 3.90. The number of aromatic nitrogens is 2. The monoisotopic (exact) mass is 230 g/mol. The van der Waals surface area contributed by atoms with E-state index in [9.17, 15) is 4.79 Å². The van der Waals surface area contributed by atoms with E-state index in [1.54, 1.807) is 6.07 Å². The zero-order chi connectivity index (χ0) is 12.3. The molecule has 0 aliphatic rings. The first-order valence-corrected chi connectivity index (χ1v) is 5.54. The van der Waals surface area contributed by atoms with Gasteiger partial charge in [-0.1, -0.05) is 31.2 Å². The van der Waals surface area contributed by atoms with Gasteiger partial charge in [-0.05, 0) is 18.1 Å². The van der Waals surface area contributed by atoms with Gasteiger partial charge in [-0.3, -0.25) is 9.89 Å². The van der Waals surface area contributed by atoms with Crippen LogP contribution >= 0.6 is 0 Å². The second-order valence-corrected chi connectivity index (χ2v) is 3.90. The number of carboxylic acids is 1. The third-order valence-corrected chi connectivity index (χ3v) is 2.63. The zero-order valence-corrected chi connectivity index (χ0v) is 9.60. The number of hydrogen-bond donors (Lipinski definition) is 2. The van der Waals surface area contributed by atoms with E-state index in [0.29, 0.717) is 5.69 Å². The molecular weight excluding hydrogens is 216 g/mol. The molecule has 17 heavy (non-hydrogen) atoms. The van der Waals surface area contributed by atoms with E-state index in [1.807, 2.05) is 12.1 Å². The molecular formula is C13H14N2O2. The summed E-state index contributed by atoms with van der Waals surface area (Å²) in [5.41, 5.74) is 3.67. The Labute approximate surface area is 99.3 Å². The summed E-state index contributed by atoms with van der Waals surface area (Å²) in [5, 5.41) is 15.5. The van der Waals surface area contributed by atoms with Gasteiger partial charge in [0, 0.05) is 11.3 Å². The molecule has 0 saturated carbocycles. The van der Waals surface area contributed by atoms with E-state index in [2.05, 4.69) is 29.3 Å². The van der Waals surface area contributed by atoms with Gasteiger partial charge in [0.2, 0.25) is 0 Å². The lowest BCUT2D eigenvalue weighted by atomic mass is 10.1. The molecule has 0 fully saturated rings. The van der Waals surface area contributed by atoms with E-state index in [0.717, 1.165) is 17.7 Å². The van der Waals surface area contributed by atoms with Gasteiger partial charge in [0.1, 0.15) is 0 Å². The van der Waals surface area contributed by atoms with Crippen molar-refractivity contribution in [2.45, 2.75) is 19.8 Å². The SMILES string of the molecule is CCc1ccc(-c2cc(CC(=O)O)[nH]n2)cc1. The van der Waals surface area contributed by atoms with Crippen LogP contribution in [0.4, 0.5) is 0 Å². The molecule has 1 heterocycles. The fourth-order valence-corrected chi connectivity index (χ4v) is 1.67. The Bertz CT molecular complexity index is 514. The molecule has 88 valence electrons. The minimum Gasteiger partial charge on any atom is -0.481 e. The molecule has 0 radical (unpaired) electrons. The minimum atomic E-state index is -0.860. The molecule has 0 amide bonds. The van der Waals surface area contributed by atoms with E-state index in [4.69, 9.17) is 5.11 Å². The van der Waals surface area contributed by atoms with Gasteiger partial charge >= 0.3 is 5.97 Å². The Morgan fingerprint density at radius 3 is 2.65 bits per heavy atom. The lowest BCUT2D eigenvalue weighted by Crippen LogP contribution is -1.99. The summed E-state index contributed by atoms with van der Waals surface area (Å²) >= 11 is 0. The number of rotatable bonds is 4. The molecule has 0 aliphatic carbocycles. The van der Waals surface area contributed by atoms with Gasteiger partial charge in [0.15, 0.2) is 0 Å². The van der Waals surface area contributed by atoms with Crippen LogP contribution < -0.4 is 0 Å². The average molecular weight is 230 g/mol. The average Bonchev–Trinajstić information content (AvgIpc) is 2.77. The van der Waals surface area contributed by atoms with Crippen molar-refractivity contribution in [3.05, 3.63) is 41.6 Å². The van der Waals surface area contributed by atoms with Crippen molar-refractivity contribution in [3.63, 3.8) is 0 Å². The number of H-pyrrole nitrogens is 1. The van der Waals surface area contributed by atoms with Crippen molar-refractivity contribution in [3.8, 4) is 11.3 Å². The van der Waals surface area contributed by atoms with Gasteiger partial charge in [-0.25, -0.2) is 0 Å². The number of carbonyl (C=O) groups is 1. The molecule has 4 heteroatoms. The molecule has 0 bridgehead atoms. The summed E-state index contributed by atoms with van der Waals surface area (Å²) in [5.74, 6) is -0.860. The van der Waals surface area contributed by atoms with Crippen LogP contribution in [-0.2, 0) is 17.6 Å². The van der Waals surface area contributed by atoms with Crippen LogP contribution in [0.25, 0.3) is 11.3 Å². The Morgan fingerprint density at radius 1 is 1.35 bits per heavy atom. The van der Waals surface area contributed by atoms with Crippen molar-refractivity contribution in [2.75, 3.05) is 0 Å². The highest BCUT2D eigenvalue weighted by molar-refractivity contribution is 5.70. The van der Waals surface area contributed by atoms with Crippen molar-refractivity contribution >= 4 is 5.97 Å². The number of nitrogens with zero attached hydrogens (tertiary/aromatic N) is 1. The first-order valence-electron chi connectivity index (χ1n) is 5.54. The smallest absolute Gasteiger partial charge is 0.309 e. The lowest BCUT2D eigenvalue weighted by Gasteiger charge is -1.98. The standard InChI is InChI=1S/C13H14N2O2/c1-2-9-3-5-10(6-4-9)12-7-11(14-15-12)8-13(16)17/h3-7H,2,8H2,1H3,(H,14,15)(H,16,17). The number of hydrogen-bond acceptors (Lipinski definition) is 2. The van der Waals surface area contributed by atoms with Crippen molar-refractivity contribution < 1.29 is 9.90 Å². The maximum atomic E-state index is 10.6. The van der Waals surface area contributed by atoms with Gasteiger partial charge in [-0.2, -0.15) is 5.10 Å². The number of aryl methyl sites for hydroxylation is 1. The quantitative estimate of drug-likeness (QED) is 0.846. The van der Waals surface area contributed by atoms with Crippen molar-refractivity contribution in [2.24, 2.45) is 0 Å². The Kier molecular flexibility index (Phi) is 3.23. The zero-order valence-electron chi connectivity index (χ0n) is 9.60. The van der Waals surface area contributed by atoms with E-state index in [1.165, 1.54) is 5.56 Å². The number of benzene rings is 1. The van der Waals surface area contributed by atoms with Gasteiger partial charge in [-0.15, -0.1) is 0 Å². The van der Waals surface area contributed by atoms with E-state index in [-0.39, 0.29) is 6.42 Å². The third kappa shape index (κ3) is 2.72. The summed E-state index contributed by atoms with van der Waals surface area (Å²) in [7, 11) is 0. The van der Waals surface area contributed by atoms with Crippen LogP contribution in [0.3, 0.4) is 0 Å². The molecule has 0 unspecified atom stereocenters. The highest BCUT2D eigenvalue weighted by atomic mass is 16.4. The topological polar surface area (TPSA) is 66.0 Å². The first-order chi connectivity index (χ1) is 8.19. The summed E-state index contributed by atoms with van der Waals surface area (Å²) in [4.78, 5) is 10.6. The molecule has 2 aromatic rings. The Hall–Kier alpha value is -2.10.